The van der Waals surface area contributed by atoms with Crippen LogP contribution in [0.4, 0.5) is 24.5 Å². The van der Waals surface area contributed by atoms with Gasteiger partial charge in [0.2, 0.25) is 17.6 Å². The molecule has 40 heavy (non-hydrogen) atoms. The van der Waals surface area contributed by atoms with E-state index in [0.29, 0.717) is 48.9 Å². The Morgan fingerprint density at radius 2 is 1.62 bits per heavy atom. The van der Waals surface area contributed by atoms with Crippen molar-refractivity contribution in [1.29, 1.82) is 0 Å². The van der Waals surface area contributed by atoms with E-state index >= 15 is 0 Å². The summed E-state index contributed by atoms with van der Waals surface area (Å²) in [5.74, 6) is -0.124. The van der Waals surface area contributed by atoms with Gasteiger partial charge in [-0.3, -0.25) is 14.4 Å². The van der Waals surface area contributed by atoms with E-state index in [1.54, 1.807) is 28.5 Å². The van der Waals surface area contributed by atoms with Crippen molar-refractivity contribution in [2.24, 2.45) is 0 Å². The van der Waals surface area contributed by atoms with Gasteiger partial charge in [0.1, 0.15) is 12.2 Å². The standard InChI is InChI=1S/C27H26F3N7O3/c1-17-23(35-14-12-34(13-15-35)18(2)38)25(40)37-26(32-24(33-37)19-6-4-3-5-7-19)36(17)16-22(39)31-21-10-8-20(9-11-21)27(28,29)30/h3-11H,12-16H2,1-2H3,(H,31,39). The summed E-state index contributed by atoms with van der Waals surface area (Å²) in [6.45, 7) is 4.63. The van der Waals surface area contributed by atoms with E-state index < -0.39 is 23.2 Å². The fraction of sp³-hybridized carbons (Fsp3) is 0.296. The molecule has 0 unspecified atom stereocenters. The molecule has 1 aliphatic rings. The summed E-state index contributed by atoms with van der Waals surface area (Å²) in [5.41, 5.74) is 0.457. The molecule has 2 aromatic carbocycles. The number of piperazine rings is 1. The average Bonchev–Trinajstić information content (AvgIpc) is 3.38. The highest BCUT2D eigenvalue weighted by molar-refractivity contribution is 5.91. The maximum Gasteiger partial charge on any atom is 0.416 e. The van der Waals surface area contributed by atoms with E-state index in [1.807, 2.05) is 23.1 Å². The van der Waals surface area contributed by atoms with Crippen LogP contribution in [0.5, 0.6) is 0 Å². The lowest BCUT2D eigenvalue weighted by atomic mass is 10.2. The third-order valence-corrected chi connectivity index (χ3v) is 6.84. The zero-order chi connectivity index (χ0) is 28.6. The number of carbonyl (C=O) groups is 2. The molecule has 0 saturated carbocycles. The summed E-state index contributed by atoms with van der Waals surface area (Å²) in [5, 5.41) is 7.06. The molecule has 5 rings (SSSR count). The largest absolute Gasteiger partial charge is 0.416 e. The van der Waals surface area contributed by atoms with Gasteiger partial charge in [-0.25, -0.2) is 0 Å². The monoisotopic (exact) mass is 553 g/mol. The van der Waals surface area contributed by atoms with Gasteiger partial charge in [-0.2, -0.15) is 22.7 Å². The molecule has 0 atom stereocenters. The van der Waals surface area contributed by atoms with Crippen LogP contribution in [0.3, 0.4) is 0 Å². The van der Waals surface area contributed by atoms with Crippen LogP contribution in [-0.2, 0) is 22.3 Å². The molecule has 0 aliphatic carbocycles. The number of nitrogens with zero attached hydrogens (tertiary/aromatic N) is 6. The molecule has 1 saturated heterocycles. The van der Waals surface area contributed by atoms with E-state index in [-0.39, 0.29) is 23.9 Å². The van der Waals surface area contributed by atoms with E-state index in [0.717, 1.165) is 16.6 Å². The normalized spacial score (nSPS) is 14.0. The minimum Gasteiger partial charge on any atom is -0.362 e. The van der Waals surface area contributed by atoms with Gasteiger partial charge >= 0.3 is 6.18 Å². The summed E-state index contributed by atoms with van der Waals surface area (Å²) in [6.07, 6.45) is -4.49. The smallest absolute Gasteiger partial charge is 0.362 e. The number of anilines is 2. The summed E-state index contributed by atoms with van der Waals surface area (Å²) in [4.78, 5) is 46.7. The summed E-state index contributed by atoms with van der Waals surface area (Å²) in [6, 6.07) is 13.2. The van der Waals surface area contributed by atoms with E-state index in [4.69, 9.17) is 0 Å². The van der Waals surface area contributed by atoms with Crippen molar-refractivity contribution in [2.75, 3.05) is 36.4 Å². The molecule has 1 fully saturated rings. The molecule has 4 aromatic rings. The van der Waals surface area contributed by atoms with Crippen LogP contribution in [0.2, 0.25) is 0 Å². The van der Waals surface area contributed by atoms with Crippen LogP contribution in [0.25, 0.3) is 17.2 Å². The first-order valence-corrected chi connectivity index (χ1v) is 12.6. The van der Waals surface area contributed by atoms with Gasteiger partial charge in [0.05, 0.1) is 5.56 Å². The minimum atomic E-state index is -4.49. The fourth-order valence-corrected chi connectivity index (χ4v) is 4.74. The first-order chi connectivity index (χ1) is 19.0. The molecule has 0 radical (unpaired) electrons. The van der Waals surface area contributed by atoms with Crippen LogP contribution in [-0.4, -0.2) is 62.1 Å². The Hall–Kier alpha value is -4.68. The Kier molecular flexibility index (Phi) is 7.04. The number of amides is 2. The molecular formula is C27H26F3N7O3. The number of benzene rings is 2. The molecule has 1 aliphatic heterocycles. The van der Waals surface area contributed by atoms with Gasteiger partial charge in [0.25, 0.3) is 5.56 Å². The Morgan fingerprint density at radius 3 is 2.23 bits per heavy atom. The minimum absolute atomic E-state index is 0.0482. The number of carbonyl (C=O) groups excluding carboxylic acids is 2. The predicted octanol–water partition coefficient (Wildman–Crippen LogP) is 3.19. The third kappa shape index (κ3) is 5.26. The fourth-order valence-electron chi connectivity index (χ4n) is 4.74. The molecule has 1 N–H and O–H groups in total. The number of hydrogen-bond donors (Lipinski definition) is 1. The van der Waals surface area contributed by atoms with Crippen molar-refractivity contribution in [2.45, 2.75) is 26.6 Å². The van der Waals surface area contributed by atoms with Crippen LogP contribution in [0, 0.1) is 6.92 Å². The molecule has 208 valence electrons. The SMILES string of the molecule is CC(=O)N1CCN(c2c(C)n(CC(=O)Nc3ccc(C(F)(F)F)cc3)c3nc(-c4ccccc4)nn3c2=O)CC1. The van der Waals surface area contributed by atoms with Gasteiger partial charge in [0, 0.05) is 50.0 Å². The molecule has 13 heteroatoms. The maximum atomic E-state index is 13.7. The zero-order valence-electron chi connectivity index (χ0n) is 21.8. The highest BCUT2D eigenvalue weighted by atomic mass is 19.4. The molecule has 10 nitrogen and oxygen atoms in total. The highest BCUT2D eigenvalue weighted by Crippen LogP contribution is 2.30. The average molecular weight is 554 g/mol. The van der Waals surface area contributed by atoms with Gasteiger partial charge in [-0.1, -0.05) is 30.3 Å². The van der Waals surface area contributed by atoms with Gasteiger partial charge < -0.3 is 19.7 Å². The first-order valence-electron chi connectivity index (χ1n) is 12.6. The van der Waals surface area contributed by atoms with E-state index in [2.05, 4.69) is 15.4 Å². The lowest BCUT2D eigenvalue weighted by Gasteiger charge is -2.36. The second-order valence-electron chi connectivity index (χ2n) is 9.45. The molecule has 3 heterocycles. The van der Waals surface area contributed by atoms with Crippen LogP contribution >= 0.6 is 0 Å². The van der Waals surface area contributed by atoms with Crippen LogP contribution in [0.15, 0.2) is 59.4 Å². The Labute approximate surface area is 226 Å². The molecule has 0 spiro atoms. The lowest BCUT2D eigenvalue weighted by molar-refractivity contribution is -0.137. The number of alkyl halides is 3. The summed E-state index contributed by atoms with van der Waals surface area (Å²) in [7, 11) is 0. The summed E-state index contributed by atoms with van der Waals surface area (Å²) >= 11 is 0. The zero-order valence-corrected chi connectivity index (χ0v) is 21.8. The number of fused-ring (bicyclic) bond motifs is 1. The van der Waals surface area contributed by atoms with Crippen molar-refractivity contribution in [3.8, 4) is 11.4 Å². The molecular weight excluding hydrogens is 527 g/mol. The molecule has 2 aromatic heterocycles. The van der Waals surface area contributed by atoms with E-state index in [9.17, 15) is 27.6 Å². The number of hydrogen-bond acceptors (Lipinski definition) is 6. The first kappa shape index (κ1) is 26.9. The van der Waals surface area contributed by atoms with Crippen molar-refractivity contribution < 1.29 is 22.8 Å². The van der Waals surface area contributed by atoms with Gasteiger partial charge in [0.15, 0.2) is 5.82 Å². The number of rotatable bonds is 5. The van der Waals surface area contributed by atoms with Crippen molar-refractivity contribution in [3.05, 3.63) is 76.2 Å². The molecule has 2 amide bonds. The van der Waals surface area contributed by atoms with Gasteiger partial charge in [-0.15, -0.1) is 5.10 Å². The predicted molar refractivity (Wildman–Crippen MR) is 142 cm³/mol. The summed E-state index contributed by atoms with van der Waals surface area (Å²) < 4.78 is 41.5. The maximum absolute atomic E-state index is 13.7. The Bertz CT molecular complexity index is 1620. The second kappa shape index (κ2) is 10.5. The Morgan fingerprint density at radius 1 is 0.975 bits per heavy atom. The van der Waals surface area contributed by atoms with Crippen LogP contribution < -0.4 is 15.8 Å². The third-order valence-electron chi connectivity index (χ3n) is 6.84. The molecule has 0 bridgehead atoms. The van der Waals surface area contributed by atoms with Crippen molar-refractivity contribution in [1.82, 2.24) is 24.1 Å². The van der Waals surface area contributed by atoms with Gasteiger partial charge in [-0.05, 0) is 31.2 Å². The van der Waals surface area contributed by atoms with E-state index in [1.165, 1.54) is 19.1 Å². The van der Waals surface area contributed by atoms with Crippen molar-refractivity contribution in [3.63, 3.8) is 0 Å². The quantitative estimate of drug-likeness (QED) is 0.407. The number of nitrogens with one attached hydrogen (secondary N) is 1. The topological polar surface area (TPSA) is 105 Å². The Balaban J connectivity index is 1.52. The highest BCUT2D eigenvalue weighted by Gasteiger charge is 2.30. The number of halogens is 3. The second-order valence-corrected chi connectivity index (χ2v) is 9.45. The van der Waals surface area contributed by atoms with Crippen LogP contribution in [0.1, 0.15) is 18.2 Å². The number of aromatic nitrogens is 4. The van der Waals surface area contributed by atoms with Crippen molar-refractivity contribution >= 4 is 29.0 Å². The lowest BCUT2D eigenvalue weighted by Crippen LogP contribution is -2.50.